The number of nitrogens with zero attached hydrogens (tertiary/aromatic N) is 2. The molecule has 1 amide bonds. The number of benzene rings is 2. The number of hydrogen-bond acceptors (Lipinski definition) is 4. The molecule has 3 aromatic rings. The Labute approximate surface area is 144 Å². The molecule has 1 aliphatic heterocycles. The van der Waals surface area contributed by atoms with Gasteiger partial charge in [0.1, 0.15) is 5.69 Å². The molecule has 0 radical (unpaired) electrons. The van der Waals surface area contributed by atoms with Crippen molar-refractivity contribution in [2.45, 2.75) is 29.9 Å². The highest BCUT2D eigenvalue weighted by Crippen LogP contribution is 2.37. The fourth-order valence-corrected chi connectivity index (χ4v) is 4.16. The standard InChI is InChI=1S/C19H18N2O2S/c1-13-10-11-21(16-7-3-5-9-18(16)24-13)19(22)12-15-14-6-2-4-8-17(14)23-20-15/h2-9,13H,10-12H2,1H3. The van der Waals surface area contributed by atoms with E-state index in [1.54, 1.807) is 0 Å². The monoisotopic (exact) mass is 338 g/mol. The number of aromatic nitrogens is 1. The molecule has 0 spiro atoms. The molecule has 1 aromatic heterocycles. The second-order valence-corrected chi connectivity index (χ2v) is 7.51. The van der Waals surface area contributed by atoms with Crippen LogP contribution in [0.5, 0.6) is 0 Å². The quantitative estimate of drug-likeness (QED) is 0.699. The normalized spacial score (nSPS) is 17.5. The van der Waals surface area contributed by atoms with E-state index in [2.05, 4.69) is 18.1 Å². The van der Waals surface area contributed by atoms with E-state index in [0.717, 1.165) is 29.6 Å². The molecule has 2 heterocycles. The largest absolute Gasteiger partial charge is 0.356 e. The molecule has 0 bridgehead atoms. The number of amides is 1. The Hall–Kier alpha value is -2.27. The van der Waals surface area contributed by atoms with Crippen LogP contribution in [-0.4, -0.2) is 22.9 Å². The highest BCUT2D eigenvalue weighted by molar-refractivity contribution is 8.00. The summed E-state index contributed by atoms with van der Waals surface area (Å²) in [5.41, 5.74) is 2.43. The maximum Gasteiger partial charge on any atom is 0.233 e. The zero-order chi connectivity index (χ0) is 16.5. The number of anilines is 1. The van der Waals surface area contributed by atoms with Crippen LogP contribution in [0.25, 0.3) is 11.0 Å². The van der Waals surface area contributed by atoms with Gasteiger partial charge in [0, 0.05) is 22.1 Å². The average Bonchev–Trinajstić information content (AvgIpc) is 2.91. The van der Waals surface area contributed by atoms with Crippen molar-refractivity contribution in [2.24, 2.45) is 0 Å². The van der Waals surface area contributed by atoms with Crippen molar-refractivity contribution in [1.82, 2.24) is 5.16 Å². The second kappa shape index (κ2) is 6.32. The zero-order valence-electron chi connectivity index (χ0n) is 13.4. The van der Waals surface area contributed by atoms with E-state index in [0.29, 0.717) is 10.9 Å². The smallest absolute Gasteiger partial charge is 0.233 e. The first-order valence-corrected chi connectivity index (χ1v) is 8.99. The van der Waals surface area contributed by atoms with Crippen LogP contribution in [0.2, 0.25) is 0 Å². The number of carbonyl (C=O) groups excluding carboxylic acids is 1. The van der Waals surface area contributed by atoms with Crippen LogP contribution in [0.1, 0.15) is 19.0 Å². The van der Waals surface area contributed by atoms with E-state index < -0.39 is 0 Å². The molecule has 4 nitrogen and oxygen atoms in total. The first kappa shape index (κ1) is 15.3. The minimum Gasteiger partial charge on any atom is -0.356 e. The van der Waals surface area contributed by atoms with E-state index in [1.165, 1.54) is 4.90 Å². The van der Waals surface area contributed by atoms with Gasteiger partial charge in [0.25, 0.3) is 0 Å². The van der Waals surface area contributed by atoms with Gasteiger partial charge in [-0.15, -0.1) is 11.8 Å². The predicted molar refractivity (Wildman–Crippen MR) is 96.4 cm³/mol. The summed E-state index contributed by atoms with van der Waals surface area (Å²) in [5, 5.41) is 5.51. The topological polar surface area (TPSA) is 46.3 Å². The van der Waals surface area contributed by atoms with Crippen LogP contribution >= 0.6 is 11.8 Å². The number of thioether (sulfide) groups is 1. The van der Waals surface area contributed by atoms with Crippen molar-refractivity contribution in [1.29, 1.82) is 0 Å². The van der Waals surface area contributed by atoms with E-state index >= 15 is 0 Å². The van der Waals surface area contributed by atoms with Gasteiger partial charge < -0.3 is 9.42 Å². The fraction of sp³-hybridized carbons (Fsp3) is 0.263. The molecule has 1 unspecified atom stereocenters. The van der Waals surface area contributed by atoms with E-state index in [-0.39, 0.29) is 12.3 Å². The van der Waals surface area contributed by atoms with Crippen molar-refractivity contribution in [3.8, 4) is 0 Å². The molecule has 0 aliphatic carbocycles. The van der Waals surface area contributed by atoms with Gasteiger partial charge in [0.15, 0.2) is 5.58 Å². The Balaban J connectivity index is 1.64. The molecule has 0 saturated heterocycles. The zero-order valence-corrected chi connectivity index (χ0v) is 14.3. The van der Waals surface area contributed by atoms with Crippen molar-refractivity contribution < 1.29 is 9.32 Å². The lowest BCUT2D eigenvalue weighted by Gasteiger charge is -2.22. The van der Waals surface area contributed by atoms with Gasteiger partial charge in [0.05, 0.1) is 12.1 Å². The number of para-hydroxylation sites is 2. The third-order valence-electron chi connectivity index (χ3n) is 4.32. The summed E-state index contributed by atoms with van der Waals surface area (Å²) < 4.78 is 5.32. The Morgan fingerprint density at radius 3 is 2.96 bits per heavy atom. The Morgan fingerprint density at radius 2 is 2.04 bits per heavy atom. The molecule has 0 N–H and O–H groups in total. The fourth-order valence-electron chi connectivity index (χ4n) is 3.05. The molecule has 1 atom stereocenters. The summed E-state index contributed by atoms with van der Waals surface area (Å²) in [6, 6.07) is 15.8. The first-order valence-electron chi connectivity index (χ1n) is 8.12. The van der Waals surface area contributed by atoms with Crippen LogP contribution in [0.3, 0.4) is 0 Å². The summed E-state index contributed by atoms with van der Waals surface area (Å²) in [6.07, 6.45) is 1.23. The van der Waals surface area contributed by atoms with E-state index in [9.17, 15) is 4.79 Å². The maximum absolute atomic E-state index is 13.0. The van der Waals surface area contributed by atoms with Crippen LogP contribution in [0.15, 0.2) is 57.9 Å². The highest BCUT2D eigenvalue weighted by Gasteiger charge is 2.25. The predicted octanol–water partition coefficient (Wildman–Crippen LogP) is 4.29. The van der Waals surface area contributed by atoms with Crippen molar-refractivity contribution in [3.63, 3.8) is 0 Å². The lowest BCUT2D eigenvalue weighted by Crippen LogP contribution is -2.33. The minimum absolute atomic E-state index is 0.0659. The number of rotatable bonds is 2. The molecule has 0 fully saturated rings. The van der Waals surface area contributed by atoms with Gasteiger partial charge in [-0.05, 0) is 30.7 Å². The summed E-state index contributed by atoms with van der Waals surface area (Å²) in [4.78, 5) is 16.0. The molecule has 122 valence electrons. The molecule has 4 rings (SSSR count). The van der Waals surface area contributed by atoms with Gasteiger partial charge in [0.2, 0.25) is 5.91 Å². The molecule has 5 heteroatoms. The molecular formula is C19H18N2O2S. The maximum atomic E-state index is 13.0. The Kier molecular flexibility index (Phi) is 4.02. The molecule has 0 saturated carbocycles. The SMILES string of the molecule is CC1CCN(C(=O)Cc2noc3ccccc23)c2ccccc2S1. The molecule has 2 aromatic carbocycles. The van der Waals surface area contributed by atoms with Gasteiger partial charge in [-0.1, -0.05) is 36.3 Å². The van der Waals surface area contributed by atoms with Crippen molar-refractivity contribution >= 4 is 34.3 Å². The van der Waals surface area contributed by atoms with Crippen LogP contribution < -0.4 is 4.90 Å². The average molecular weight is 338 g/mol. The number of hydrogen-bond donors (Lipinski definition) is 0. The van der Waals surface area contributed by atoms with Gasteiger partial charge in [-0.25, -0.2) is 0 Å². The van der Waals surface area contributed by atoms with Crippen molar-refractivity contribution in [3.05, 3.63) is 54.2 Å². The third kappa shape index (κ3) is 2.80. The number of fused-ring (bicyclic) bond motifs is 2. The van der Waals surface area contributed by atoms with Gasteiger partial charge in [-0.3, -0.25) is 4.79 Å². The van der Waals surface area contributed by atoms with E-state index in [4.69, 9.17) is 4.52 Å². The highest BCUT2D eigenvalue weighted by atomic mass is 32.2. The summed E-state index contributed by atoms with van der Waals surface area (Å²) >= 11 is 1.84. The van der Waals surface area contributed by atoms with Gasteiger partial charge in [-0.2, -0.15) is 0 Å². The first-order chi connectivity index (χ1) is 11.7. The summed E-state index contributed by atoms with van der Waals surface area (Å²) in [6.45, 7) is 2.94. The molecule has 1 aliphatic rings. The molecular weight excluding hydrogens is 320 g/mol. The lowest BCUT2D eigenvalue weighted by molar-refractivity contribution is -0.118. The van der Waals surface area contributed by atoms with Crippen LogP contribution in [0, 0.1) is 0 Å². The van der Waals surface area contributed by atoms with Crippen molar-refractivity contribution in [2.75, 3.05) is 11.4 Å². The summed E-state index contributed by atoms with van der Waals surface area (Å²) in [7, 11) is 0. The van der Waals surface area contributed by atoms with Crippen LogP contribution in [-0.2, 0) is 11.2 Å². The summed E-state index contributed by atoms with van der Waals surface area (Å²) in [5.74, 6) is 0.0659. The Morgan fingerprint density at radius 1 is 1.25 bits per heavy atom. The minimum atomic E-state index is 0.0659. The van der Waals surface area contributed by atoms with E-state index in [1.807, 2.05) is 59.1 Å². The lowest BCUT2D eigenvalue weighted by atomic mass is 10.1. The molecule has 24 heavy (non-hydrogen) atoms. The number of carbonyl (C=O) groups is 1. The van der Waals surface area contributed by atoms with Gasteiger partial charge >= 0.3 is 0 Å². The Bertz CT molecular complexity index is 890. The third-order valence-corrected chi connectivity index (χ3v) is 5.55. The second-order valence-electron chi connectivity index (χ2n) is 6.03. The van der Waals surface area contributed by atoms with Crippen LogP contribution in [0.4, 0.5) is 5.69 Å².